The lowest BCUT2D eigenvalue weighted by Crippen LogP contribution is -2.17. The van der Waals surface area contributed by atoms with Gasteiger partial charge in [-0.05, 0) is 52.7 Å². The summed E-state index contributed by atoms with van der Waals surface area (Å²) in [5.41, 5.74) is 2.79. The fraction of sp³-hybridized carbons (Fsp3) is 0.333. The first-order chi connectivity index (χ1) is 9.33. The molecular weight excluding hydrogens is 320 g/mol. The minimum atomic E-state index is 0.652. The number of hydrogen-bond donors (Lipinski definition) is 2. The van der Waals surface area contributed by atoms with E-state index in [-0.39, 0.29) is 0 Å². The highest BCUT2D eigenvalue weighted by Gasteiger charge is 2.20. The quantitative estimate of drug-likeness (QED) is 0.799. The molecule has 0 radical (unpaired) electrons. The van der Waals surface area contributed by atoms with Gasteiger partial charge in [0.25, 0.3) is 0 Å². The highest BCUT2D eigenvalue weighted by atomic mass is 79.9. The SMILES string of the molecule is Brc1ccc(CNCCC2CNc3ccccc32)s1. The third kappa shape index (κ3) is 3.19. The van der Waals surface area contributed by atoms with E-state index in [1.54, 1.807) is 11.3 Å². The Labute approximate surface area is 126 Å². The van der Waals surface area contributed by atoms with Crippen LogP contribution in [0.25, 0.3) is 0 Å². The van der Waals surface area contributed by atoms with Crippen LogP contribution in [0.3, 0.4) is 0 Å². The van der Waals surface area contributed by atoms with E-state index < -0.39 is 0 Å². The smallest absolute Gasteiger partial charge is 0.0701 e. The summed E-state index contributed by atoms with van der Waals surface area (Å²) in [6, 6.07) is 12.9. The maximum atomic E-state index is 3.53. The Morgan fingerprint density at radius 3 is 3.00 bits per heavy atom. The predicted octanol–water partition coefficient (Wildman–Crippen LogP) is 4.20. The Morgan fingerprint density at radius 2 is 2.16 bits per heavy atom. The largest absolute Gasteiger partial charge is 0.384 e. The van der Waals surface area contributed by atoms with Crippen molar-refractivity contribution in [3.63, 3.8) is 0 Å². The topological polar surface area (TPSA) is 24.1 Å². The van der Waals surface area contributed by atoms with Gasteiger partial charge >= 0.3 is 0 Å². The first-order valence-electron chi connectivity index (χ1n) is 6.60. The predicted molar refractivity (Wildman–Crippen MR) is 86.0 cm³/mol. The van der Waals surface area contributed by atoms with Crippen LogP contribution in [0.5, 0.6) is 0 Å². The number of anilines is 1. The Bertz CT molecular complexity index is 553. The van der Waals surface area contributed by atoms with E-state index in [2.05, 4.69) is 63.0 Å². The number of para-hydroxylation sites is 1. The molecule has 0 saturated carbocycles. The van der Waals surface area contributed by atoms with E-state index in [0.717, 1.165) is 19.6 Å². The maximum absolute atomic E-state index is 3.53. The van der Waals surface area contributed by atoms with Crippen molar-refractivity contribution in [1.82, 2.24) is 5.32 Å². The monoisotopic (exact) mass is 336 g/mol. The molecule has 1 unspecified atom stereocenters. The molecule has 2 nitrogen and oxygen atoms in total. The second-order valence-electron chi connectivity index (χ2n) is 4.84. The van der Waals surface area contributed by atoms with Crippen LogP contribution in [-0.2, 0) is 6.54 Å². The average molecular weight is 337 g/mol. The van der Waals surface area contributed by atoms with Gasteiger partial charge in [0, 0.05) is 29.6 Å². The Balaban J connectivity index is 1.46. The first kappa shape index (κ1) is 13.2. The Kier molecular flexibility index (Phi) is 4.21. The maximum Gasteiger partial charge on any atom is 0.0701 e. The van der Waals surface area contributed by atoms with Crippen LogP contribution >= 0.6 is 27.3 Å². The summed E-state index contributed by atoms with van der Waals surface area (Å²) in [5, 5.41) is 7.01. The lowest BCUT2D eigenvalue weighted by Gasteiger charge is -2.10. The van der Waals surface area contributed by atoms with E-state index in [0.29, 0.717) is 5.92 Å². The molecule has 1 aromatic carbocycles. The van der Waals surface area contributed by atoms with Gasteiger partial charge in [-0.2, -0.15) is 0 Å². The minimum absolute atomic E-state index is 0.652. The van der Waals surface area contributed by atoms with Gasteiger partial charge in [-0.25, -0.2) is 0 Å². The van der Waals surface area contributed by atoms with Gasteiger partial charge in [0.2, 0.25) is 0 Å². The van der Waals surface area contributed by atoms with Crippen molar-refractivity contribution in [2.75, 3.05) is 18.4 Å². The number of hydrogen-bond acceptors (Lipinski definition) is 3. The highest BCUT2D eigenvalue weighted by molar-refractivity contribution is 9.11. The fourth-order valence-electron chi connectivity index (χ4n) is 2.55. The summed E-state index contributed by atoms with van der Waals surface area (Å²) >= 11 is 5.30. The van der Waals surface area contributed by atoms with Crippen LogP contribution in [0.15, 0.2) is 40.2 Å². The molecule has 100 valence electrons. The summed E-state index contributed by atoms with van der Waals surface area (Å²) < 4.78 is 1.21. The molecule has 1 aromatic heterocycles. The fourth-order valence-corrected chi connectivity index (χ4v) is 4.00. The summed E-state index contributed by atoms with van der Waals surface area (Å²) in [6.07, 6.45) is 1.19. The van der Waals surface area contributed by atoms with Crippen molar-refractivity contribution in [2.45, 2.75) is 18.9 Å². The summed E-state index contributed by atoms with van der Waals surface area (Å²) in [4.78, 5) is 1.39. The zero-order valence-corrected chi connectivity index (χ0v) is 13.1. The van der Waals surface area contributed by atoms with Crippen LogP contribution < -0.4 is 10.6 Å². The van der Waals surface area contributed by atoms with Gasteiger partial charge in [-0.1, -0.05) is 18.2 Å². The standard InChI is InChI=1S/C15H17BrN2S/c16-15-6-5-12(19-15)10-17-8-7-11-9-18-14-4-2-1-3-13(11)14/h1-6,11,17-18H,7-10H2. The van der Waals surface area contributed by atoms with Gasteiger partial charge in [-0.3, -0.25) is 0 Å². The zero-order chi connectivity index (χ0) is 13.1. The molecule has 0 bridgehead atoms. The van der Waals surface area contributed by atoms with Crippen LogP contribution in [0.2, 0.25) is 0 Å². The van der Waals surface area contributed by atoms with E-state index in [1.807, 2.05) is 0 Å². The molecule has 3 rings (SSSR count). The Hall–Kier alpha value is -0.840. The van der Waals surface area contributed by atoms with Gasteiger partial charge in [0.1, 0.15) is 0 Å². The third-order valence-corrected chi connectivity index (χ3v) is 5.16. The van der Waals surface area contributed by atoms with Gasteiger partial charge < -0.3 is 10.6 Å². The van der Waals surface area contributed by atoms with Crippen molar-refractivity contribution in [3.05, 3.63) is 50.6 Å². The number of nitrogens with one attached hydrogen (secondary N) is 2. The molecule has 0 saturated heterocycles. The summed E-state index contributed by atoms with van der Waals surface area (Å²) in [6.45, 7) is 3.11. The minimum Gasteiger partial charge on any atom is -0.384 e. The highest BCUT2D eigenvalue weighted by Crippen LogP contribution is 2.32. The number of thiophene rings is 1. The molecule has 0 aliphatic carbocycles. The van der Waals surface area contributed by atoms with Crippen LogP contribution in [0, 0.1) is 0 Å². The molecule has 1 aliphatic heterocycles. The van der Waals surface area contributed by atoms with Crippen molar-refractivity contribution in [2.24, 2.45) is 0 Å². The van der Waals surface area contributed by atoms with Crippen LogP contribution in [0.4, 0.5) is 5.69 Å². The molecule has 0 spiro atoms. The van der Waals surface area contributed by atoms with Gasteiger partial charge in [-0.15, -0.1) is 11.3 Å². The van der Waals surface area contributed by atoms with E-state index in [4.69, 9.17) is 0 Å². The van der Waals surface area contributed by atoms with Crippen molar-refractivity contribution in [1.29, 1.82) is 0 Å². The number of halogens is 1. The van der Waals surface area contributed by atoms with Gasteiger partial charge in [0.05, 0.1) is 3.79 Å². The van der Waals surface area contributed by atoms with Crippen LogP contribution in [-0.4, -0.2) is 13.1 Å². The molecule has 2 N–H and O–H groups in total. The molecule has 19 heavy (non-hydrogen) atoms. The number of rotatable bonds is 5. The van der Waals surface area contributed by atoms with Crippen molar-refractivity contribution >= 4 is 33.0 Å². The van der Waals surface area contributed by atoms with E-state index >= 15 is 0 Å². The third-order valence-electron chi connectivity index (χ3n) is 3.54. The second kappa shape index (κ2) is 6.07. The lowest BCUT2D eigenvalue weighted by molar-refractivity contribution is 0.595. The zero-order valence-electron chi connectivity index (χ0n) is 10.7. The van der Waals surface area contributed by atoms with Crippen molar-refractivity contribution in [3.8, 4) is 0 Å². The molecular formula is C15H17BrN2S. The number of fused-ring (bicyclic) bond motifs is 1. The van der Waals surface area contributed by atoms with E-state index in [9.17, 15) is 0 Å². The summed E-state index contributed by atoms with van der Waals surface area (Å²) in [5.74, 6) is 0.652. The lowest BCUT2D eigenvalue weighted by atomic mass is 9.98. The molecule has 1 atom stereocenters. The number of benzene rings is 1. The first-order valence-corrected chi connectivity index (χ1v) is 8.21. The Morgan fingerprint density at radius 1 is 1.26 bits per heavy atom. The normalized spacial score (nSPS) is 17.2. The average Bonchev–Trinajstić information content (AvgIpc) is 3.02. The molecule has 1 aliphatic rings. The van der Waals surface area contributed by atoms with Crippen molar-refractivity contribution < 1.29 is 0 Å². The summed E-state index contributed by atoms with van der Waals surface area (Å²) in [7, 11) is 0. The molecule has 4 heteroatoms. The molecule has 2 heterocycles. The molecule has 0 amide bonds. The van der Waals surface area contributed by atoms with Gasteiger partial charge in [0.15, 0.2) is 0 Å². The molecule has 2 aromatic rings. The van der Waals surface area contributed by atoms with E-state index in [1.165, 1.54) is 26.3 Å². The van der Waals surface area contributed by atoms with Crippen LogP contribution in [0.1, 0.15) is 22.8 Å². The molecule has 0 fully saturated rings. The second-order valence-corrected chi connectivity index (χ2v) is 7.38.